The SMILES string of the molecule is CCCN1CCC(CNC)C1c1ccc(C)cc1. The molecule has 0 amide bonds. The summed E-state index contributed by atoms with van der Waals surface area (Å²) in [6.07, 6.45) is 2.56. The Balaban J connectivity index is 2.19. The summed E-state index contributed by atoms with van der Waals surface area (Å²) >= 11 is 0. The van der Waals surface area contributed by atoms with Gasteiger partial charge < -0.3 is 5.32 Å². The van der Waals surface area contributed by atoms with Crippen molar-refractivity contribution in [3.05, 3.63) is 35.4 Å². The van der Waals surface area contributed by atoms with Crippen LogP contribution in [0.1, 0.15) is 36.9 Å². The monoisotopic (exact) mass is 246 g/mol. The van der Waals surface area contributed by atoms with E-state index in [0.717, 1.165) is 12.5 Å². The highest BCUT2D eigenvalue weighted by Gasteiger charge is 2.33. The molecule has 1 heterocycles. The summed E-state index contributed by atoms with van der Waals surface area (Å²) in [4.78, 5) is 2.66. The summed E-state index contributed by atoms with van der Waals surface area (Å²) in [5, 5.41) is 3.36. The van der Waals surface area contributed by atoms with Crippen molar-refractivity contribution in [3.8, 4) is 0 Å². The molecule has 2 heteroatoms. The van der Waals surface area contributed by atoms with E-state index >= 15 is 0 Å². The van der Waals surface area contributed by atoms with E-state index < -0.39 is 0 Å². The van der Waals surface area contributed by atoms with Gasteiger partial charge in [-0.1, -0.05) is 36.8 Å². The molecule has 100 valence electrons. The van der Waals surface area contributed by atoms with E-state index in [1.54, 1.807) is 0 Å². The lowest BCUT2D eigenvalue weighted by Crippen LogP contribution is -2.29. The van der Waals surface area contributed by atoms with Crippen molar-refractivity contribution < 1.29 is 0 Å². The third-order valence-corrected chi connectivity index (χ3v) is 4.02. The van der Waals surface area contributed by atoms with Gasteiger partial charge in [0, 0.05) is 6.04 Å². The van der Waals surface area contributed by atoms with E-state index in [1.807, 2.05) is 0 Å². The Labute approximate surface area is 111 Å². The van der Waals surface area contributed by atoms with E-state index in [-0.39, 0.29) is 0 Å². The first kappa shape index (κ1) is 13.6. The standard InChI is InChI=1S/C16H26N2/c1-4-10-18-11-9-15(12-17-3)16(18)14-7-5-13(2)6-8-14/h5-8,15-17H,4,9-12H2,1-3H3. The van der Waals surface area contributed by atoms with Gasteiger partial charge in [0.15, 0.2) is 0 Å². The molecular formula is C16H26N2. The molecule has 1 fully saturated rings. The maximum absolute atomic E-state index is 3.36. The fraction of sp³-hybridized carbons (Fsp3) is 0.625. The number of aryl methyl sites for hydroxylation is 1. The molecule has 1 aliphatic heterocycles. The summed E-state index contributed by atoms with van der Waals surface area (Å²) in [6, 6.07) is 9.73. The van der Waals surface area contributed by atoms with Crippen LogP contribution in [0.15, 0.2) is 24.3 Å². The number of nitrogens with one attached hydrogen (secondary N) is 1. The maximum Gasteiger partial charge on any atom is 0.0388 e. The first-order valence-electron chi connectivity index (χ1n) is 7.21. The molecule has 1 aliphatic rings. The Morgan fingerprint density at radius 3 is 2.61 bits per heavy atom. The molecule has 0 aromatic heterocycles. The van der Waals surface area contributed by atoms with Crippen molar-refractivity contribution >= 4 is 0 Å². The molecule has 0 bridgehead atoms. The van der Waals surface area contributed by atoms with Gasteiger partial charge in [0.1, 0.15) is 0 Å². The van der Waals surface area contributed by atoms with E-state index in [9.17, 15) is 0 Å². The topological polar surface area (TPSA) is 15.3 Å². The highest BCUT2D eigenvalue weighted by molar-refractivity contribution is 5.25. The first-order chi connectivity index (χ1) is 8.76. The lowest BCUT2D eigenvalue weighted by molar-refractivity contribution is 0.227. The molecule has 18 heavy (non-hydrogen) atoms. The van der Waals surface area contributed by atoms with Crippen molar-refractivity contribution in [2.24, 2.45) is 5.92 Å². The molecule has 1 N–H and O–H groups in total. The van der Waals surface area contributed by atoms with Gasteiger partial charge in [-0.2, -0.15) is 0 Å². The Hall–Kier alpha value is -0.860. The third kappa shape index (κ3) is 2.93. The zero-order valence-electron chi connectivity index (χ0n) is 11.9. The number of rotatable bonds is 5. The fourth-order valence-corrected chi connectivity index (χ4v) is 3.19. The van der Waals surface area contributed by atoms with Crippen LogP contribution in [-0.4, -0.2) is 31.6 Å². The van der Waals surface area contributed by atoms with Crippen molar-refractivity contribution in [2.45, 2.75) is 32.7 Å². The van der Waals surface area contributed by atoms with Crippen LogP contribution < -0.4 is 5.32 Å². The summed E-state index contributed by atoms with van der Waals surface area (Å²) in [6.45, 7) is 8.03. The second-order valence-corrected chi connectivity index (χ2v) is 5.50. The van der Waals surface area contributed by atoms with Crippen molar-refractivity contribution in [2.75, 3.05) is 26.7 Å². The quantitative estimate of drug-likeness (QED) is 0.859. The predicted octanol–water partition coefficient (Wildman–Crippen LogP) is 2.99. The second-order valence-electron chi connectivity index (χ2n) is 5.50. The number of nitrogens with zero attached hydrogens (tertiary/aromatic N) is 1. The molecule has 2 unspecified atom stereocenters. The van der Waals surface area contributed by atoms with Crippen molar-refractivity contribution in [1.29, 1.82) is 0 Å². The largest absolute Gasteiger partial charge is 0.319 e. The predicted molar refractivity (Wildman–Crippen MR) is 77.8 cm³/mol. The van der Waals surface area contributed by atoms with Gasteiger partial charge in [0.25, 0.3) is 0 Å². The van der Waals surface area contributed by atoms with E-state index in [0.29, 0.717) is 6.04 Å². The van der Waals surface area contributed by atoms with Gasteiger partial charge in [-0.05, 0) is 57.9 Å². The minimum atomic E-state index is 0.609. The van der Waals surface area contributed by atoms with E-state index in [2.05, 4.69) is 55.4 Å². The van der Waals surface area contributed by atoms with Crippen LogP contribution in [0.3, 0.4) is 0 Å². The molecule has 2 atom stereocenters. The van der Waals surface area contributed by atoms with Gasteiger partial charge in [0.05, 0.1) is 0 Å². The van der Waals surface area contributed by atoms with Gasteiger partial charge in [-0.15, -0.1) is 0 Å². The average Bonchev–Trinajstić information content (AvgIpc) is 2.75. The minimum absolute atomic E-state index is 0.609. The lowest BCUT2D eigenvalue weighted by Gasteiger charge is -2.28. The maximum atomic E-state index is 3.36. The van der Waals surface area contributed by atoms with Crippen molar-refractivity contribution in [1.82, 2.24) is 10.2 Å². The molecule has 1 saturated heterocycles. The molecule has 0 spiro atoms. The van der Waals surface area contributed by atoms with Gasteiger partial charge in [-0.25, -0.2) is 0 Å². The molecular weight excluding hydrogens is 220 g/mol. The van der Waals surface area contributed by atoms with Crippen LogP contribution in [0.5, 0.6) is 0 Å². The molecule has 0 radical (unpaired) electrons. The molecule has 2 rings (SSSR count). The minimum Gasteiger partial charge on any atom is -0.319 e. The fourth-order valence-electron chi connectivity index (χ4n) is 3.19. The molecule has 0 saturated carbocycles. The Morgan fingerprint density at radius 2 is 2.00 bits per heavy atom. The summed E-state index contributed by atoms with van der Waals surface area (Å²) in [5.74, 6) is 0.754. The highest BCUT2D eigenvalue weighted by Crippen LogP contribution is 2.36. The molecule has 1 aromatic rings. The Kier molecular flexibility index (Phi) is 4.79. The van der Waals surface area contributed by atoms with E-state index in [1.165, 1.54) is 37.1 Å². The van der Waals surface area contributed by atoms with Crippen LogP contribution in [0.4, 0.5) is 0 Å². The summed E-state index contributed by atoms with van der Waals surface area (Å²) in [7, 11) is 2.06. The lowest BCUT2D eigenvalue weighted by atomic mass is 9.93. The smallest absolute Gasteiger partial charge is 0.0388 e. The number of likely N-dealkylation sites (tertiary alicyclic amines) is 1. The van der Waals surface area contributed by atoms with E-state index in [4.69, 9.17) is 0 Å². The van der Waals surface area contributed by atoms with Crippen molar-refractivity contribution in [3.63, 3.8) is 0 Å². The summed E-state index contributed by atoms with van der Waals surface area (Å²) < 4.78 is 0. The Bertz CT molecular complexity index is 344. The van der Waals surface area contributed by atoms with Gasteiger partial charge in [0.2, 0.25) is 0 Å². The normalized spacial score (nSPS) is 24.6. The molecule has 2 nitrogen and oxygen atoms in total. The number of hydrogen-bond acceptors (Lipinski definition) is 2. The molecule has 1 aromatic carbocycles. The third-order valence-electron chi connectivity index (χ3n) is 4.02. The first-order valence-corrected chi connectivity index (χ1v) is 7.21. The highest BCUT2D eigenvalue weighted by atomic mass is 15.2. The molecule has 0 aliphatic carbocycles. The van der Waals surface area contributed by atoms with Crippen LogP contribution >= 0.6 is 0 Å². The van der Waals surface area contributed by atoms with Gasteiger partial charge in [-0.3, -0.25) is 4.90 Å². The number of hydrogen-bond donors (Lipinski definition) is 1. The zero-order valence-corrected chi connectivity index (χ0v) is 11.9. The van der Waals surface area contributed by atoms with Crippen LogP contribution in [-0.2, 0) is 0 Å². The summed E-state index contributed by atoms with van der Waals surface area (Å²) in [5.41, 5.74) is 2.84. The van der Waals surface area contributed by atoms with Crippen LogP contribution in [0.25, 0.3) is 0 Å². The zero-order chi connectivity index (χ0) is 13.0. The number of benzene rings is 1. The average molecular weight is 246 g/mol. The van der Waals surface area contributed by atoms with Crippen LogP contribution in [0.2, 0.25) is 0 Å². The second kappa shape index (κ2) is 6.35. The van der Waals surface area contributed by atoms with Crippen LogP contribution in [0, 0.1) is 12.8 Å². The Morgan fingerprint density at radius 1 is 1.28 bits per heavy atom. The van der Waals surface area contributed by atoms with Gasteiger partial charge >= 0.3 is 0 Å².